The molecule has 0 amide bonds. The van der Waals surface area contributed by atoms with Crippen LogP contribution in [-0.2, 0) is 6.18 Å². The van der Waals surface area contributed by atoms with Crippen LogP contribution >= 0.6 is 12.6 Å². The Morgan fingerprint density at radius 3 is 2.56 bits per heavy atom. The Morgan fingerprint density at radius 1 is 1.11 bits per heavy atom. The van der Waals surface area contributed by atoms with Gasteiger partial charge < -0.3 is 5.32 Å². The minimum absolute atomic E-state index is 0.318. The zero-order valence-corrected chi connectivity index (χ0v) is 9.96. The van der Waals surface area contributed by atoms with Crippen molar-refractivity contribution in [2.24, 2.45) is 0 Å². The second-order valence-electron chi connectivity index (χ2n) is 3.57. The maximum atomic E-state index is 12.5. The molecule has 18 heavy (non-hydrogen) atoms. The van der Waals surface area contributed by atoms with E-state index in [1.807, 2.05) is 0 Å². The van der Waals surface area contributed by atoms with Gasteiger partial charge in [-0.3, -0.25) is 0 Å². The molecule has 94 valence electrons. The highest BCUT2D eigenvalue weighted by Crippen LogP contribution is 2.31. The second-order valence-corrected chi connectivity index (χ2v) is 4.06. The molecule has 0 radical (unpaired) electrons. The third-order valence-corrected chi connectivity index (χ3v) is 2.60. The molecule has 0 fully saturated rings. The number of hydrogen-bond acceptors (Lipinski definition) is 3. The lowest BCUT2D eigenvalue weighted by Crippen LogP contribution is -2.05. The number of hydrogen-bond donors (Lipinski definition) is 2. The second kappa shape index (κ2) is 4.89. The number of thiol groups is 1. The molecule has 1 aromatic carbocycles. The summed E-state index contributed by atoms with van der Waals surface area (Å²) in [7, 11) is 0. The number of rotatable bonds is 2. The predicted octanol–water partition coefficient (Wildman–Crippen LogP) is 4.13. The van der Waals surface area contributed by atoms with E-state index in [4.69, 9.17) is 0 Å². The highest BCUT2D eigenvalue weighted by Gasteiger charge is 2.30. The first kappa shape index (κ1) is 12.8. The topological polar surface area (TPSA) is 24.9 Å². The third-order valence-electron chi connectivity index (χ3n) is 2.24. The summed E-state index contributed by atoms with van der Waals surface area (Å²) in [5.74, 6) is 0.417. The Bertz CT molecular complexity index is 555. The standard InChI is InChI=1S/C12H9F3N2S/c13-12(14,15)8-3-1-4-9(7-8)17-11-10(18)5-2-6-16-11/h1-7,18H,(H,16,17). The van der Waals surface area contributed by atoms with Gasteiger partial charge >= 0.3 is 6.18 Å². The van der Waals surface area contributed by atoms with Gasteiger partial charge in [0.25, 0.3) is 0 Å². The summed E-state index contributed by atoms with van der Waals surface area (Å²) < 4.78 is 37.6. The van der Waals surface area contributed by atoms with Gasteiger partial charge in [-0.1, -0.05) is 6.07 Å². The van der Waals surface area contributed by atoms with Crippen LogP contribution in [0.5, 0.6) is 0 Å². The molecule has 2 aromatic rings. The molecular formula is C12H9F3N2S. The van der Waals surface area contributed by atoms with Crippen molar-refractivity contribution >= 4 is 24.1 Å². The van der Waals surface area contributed by atoms with Crippen LogP contribution in [0, 0.1) is 0 Å². The van der Waals surface area contributed by atoms with E-state index in [0.717, 1.165) is 12.1 Å². The lowest BCUT2D eigenvalue weighted by molar-refractivity contribution is -0.137. The summed E-state index contributed by atoms with van der Waals surface area (Å²) in [6.07, 6.45) is -2.82. The number of pyridine rings is 1. The summed E-state index contributed by atoms with van der Waals surface area (Å²) in [5.41, 5.74) is -0.386. The molecule has 0 unspecified atom stereocenters. The van der Waals surface area contributed by atoms with E-state index in [0.29, 0.717) is 16.4 Å². The molecule has 1 N–H and O–H groups in total. The molecule has 6 heteroatoms. The summed E-state index contributed by atoms with van der Waals surface area (Å²) in [5, 5.41) is 2.80. The van der Waals surface area contributed by atoms with E-state index in [1.54, 1.807) is 12.1 Å². The first-order chi connectivity index (χ1) is 8.47. The van der Waals surface area contributed by atoms with Crippen LogP contribution in [0.1, 0.15) is 5.56 Å². The van der Waals surface area contributed by atoms with Gasteiger partial charge in [-0.05, 0) is 30.3 Å². The molecule has 0 aliphatic heterocycles. The number of alkyl halides is 3. The molecule has 1 aromatic heterocycles. The molecule has 0 saturated heterocycles. The van der Waals surface area contributed by atoms with Crippen LogP contribution in [0.15, 0.2) is 47.5 Å². The highest BCUT2D eigenvalue weighted by molar-refractivity contribution is 7.80. The molecule has 0 aliphatic carbocycles. The number of anilines is 2. The fourth-order valence-electron chi connectivity index (χ4n) is 1.40. The van der Waals surface area contributed by atoms with Gasteiger partial charge in [0.05, 0.1) is 5.56 Å². The highest BCUT2D eigenvalue weighted by atomic mass is 32.1. The lowest BCUT2D eigenvalue weighted by Gasteiger charge is -2.11. The van der Waals surface area contributed by atoms with Gasteiger partial charge in [-0.15, -0.1) is 12.6 Å². The van der Waals surface area contributed by atoms with Crippen LogP contribution in [0.2, 0.25) is 0 Å². The summed E-state index contributed by atoms with van der Waals surface area (Å²) in [4.78, 5) is 4.56. The monoisotopic (exact) mass is 270 g/mol. The van der Waals surface area contributed by atoms with Crippen LogP contribution < -0.4 is 5.32 Å². The van der Waals surface area contributed by atoms with Gasteiger partial charge in [0.1, 0.15) is 5.82 Å². The SMILES string of the molecule is FC(F)(F)c1cccc(Nc2ncccc2S)c1. The zero-order valence-electron chi connectivity index (χ0n) is 9.07. The van der Waals surface area contributed by atoms with Crippen molar-refractivity contribution in [3.05, 3.63) is 48.2 Å². The maximum Gasteiger partial charge on any atom is 0.416 e. The number of benzene rings is 1. The van der Waals surface area contributed by atoms with Gasteiger partial charge in [0, 0.05) is 16.8 Å². The number of halogens is 3. The minimum Gasteiger partial charge on any atom is -0.339 e. The van der Waals surface area contributed by atoms with Crippen molar-refractivity contribution < 1.29 is 13.2 Å². The smallest absolute Gasteiger partial charge is 0.339 e. The molecule has 0 saturated carbocycles. The quantitative estimate of drug-likeness (QED) is 0.802. The number of aromatic nitrogens is 1. The first-order valence-electron chi connectivity index (χ1n) is 5.05. The molecule has 0 bridgehead atoms. The van der Waals surface area contributed by atoms with E-state index in [-0.39, 0.29) is 0 Å². The average molecular weight is 270 g/mol. The molecule has 2 nitrogen and oxygen atoms in total. The Kier molecular flexibility index (Phi) is 3.47. The van der Waals surface area contributed by atoms with Crippen LogP contribution in [0.25, 0.3) is 0 Å². The summed E-state index contributed by atoms with van der Waals surface area (Å²) >= 11 is 4.16. The minimum atomic E-state index is -4.36. The van der Waals surface area contributed by atoms with Crippen molar-refractivity contribution in [1.82, 2.24) is 4.98 Å². The molecule has 1 heterocycles. The Morgan fingerprint density at radius 2 is 1.89 bits per heavy atom. The number of nitrogens with zero attached hydrogens (tertiary/aromatic N) is 1. The molecule has 0 aliphatic rings. The molecule has 0 atom stereocenters. The fraction of sp³-hybridized carbons (Fsp3) is 0.0833. The van der Waals surface area contributed by atoms with Crippen molar-refractivity contribution in [2.75, 3.05) is 5.32 Å². The van der Waals surface area contributed by atoms with E-state index in [1.165, 1.54) is 18.3 Å². The van der Waals surface area contributed by atoms with Crippen molar-refractivity contribution in [3.63, 3.8) is 0 Å². The Balaban J connectivity index is 2.28. The van der Waals surface area contributed by atoms with Crippen LogP contribution in [0.3, 0.4) is 0 Å². The summed E-state index contributed by atoms with van der Waals surface area (Å²) in [6.45, 7) is 0. The van der Waals surface area contributed by atoms with Crippen LogP contribution in [-0.4, -0.2) is 4.98 Å². The van der Waals surface area contributed by atoms with Crippen molar-refractivity contribution in [3.8, 4) is 0 Å². The molecule has 0 spiro atoms. The first-order valence-corrected chi connectivity index (χ1v) is 5.50. The Labute approximate surface area is 107 Å². The Hall–Kier alpha value is -1.69. The maximum absolute atomic E-state index is 12.5. The van der Waals surface area contributed by atoms with Gasteiger partial charge in [0.2, 0.25) is 0 Å². The van der Waals surface area contributed by atoms with Crippen molar-refractivity contribution in [1.29, 1.82) is 0 Å². The summed E-state index contributed by atoms with van der Waals surface area (Å²) in [6, 6.07) is 8.32. The lowest BCUT2D eigenvalue weighted by atomic mass is 10.2. The van der Waals surface area contributed by atoms with Crippen molar-refractivity contribution in [2.45, 2.75) is 11.1 Å². The van der Waals surface area contributed by atoms with Gasteiger partial charge in [0.15, 0.2) is 0 Å². The number of nitrogens with one attached hydrogen (secondary N) is 1. The van der Waals surface area contributed by atoms with E-state index < -0.39 is 11.7 Å². The van der Waals surface area contributed by atoms with E-state index >= 15 is 0 Å². The third kappa shape index (κ3) is 2.95. The van der Waals surface area contributed by atoms with E-state index in [2.05, 4.69) is 22.9 Å². The molecular weight excluding hydrogens is 261 g/mol. The predicted molar refractivity (Wildman–Crippen MR) is 66.2 cm³/mol. The largest absolute Gasteiger partial charge is 0.416 e. The van der Waals surface area contributed by atoms with Crippen LogP contribution in [0.4, 0.5) is 24.7 Å². The molecule has 2 rings (SSSR count). The average Bonchev–Trinajstić information content (AvgIpc) is 2.31. The fourth-order valence-corrected chi connectivity index (χ4v) is 1.60. The normalized spacial score (nSPS) is 11.3. The van der Waals surface area contributed by atoms with Gasteiger partial charge in [-0.25, -0.2) is 4.98 Å². The zero-order chi connectivity index (χ0) is 13.2. The van der Waals surface area contributed by atoms with E-state index in [9.17, 15) is 13.2 Å². The van der Waals surface area contributed by atoms with Gasteiger partial charge in [-0.2, -0.15) is 13.2 Å².